The molecule has 0 amide bonds. The summed E-state index contributed by atoms with van der Waals surface area (Å²) >= 11 is 0. The molecule has 0 atom stereocenters. The fourth-order valence-electron chi connectivity index (χ4n) is 4.16. The Bertz CT molecular complexity index is 838. The Morgan fingerprint density at radius 2 is 0.656 bits per heavy atom. The highest BCUT2D eigenvalue weighted by Gasteiger charge is 2.31. The van der Waals surface area contributed by atoms with Gasteiger partial charge >= 0.3 is 0 Å². The molecule has 3 heteroatoms. The lowest BCUT2D eigenvalue weighted by Crippen LogP contribution is -2.42. The quantitative estimate of drug-likeness (QED) is 0.508. The molecular weight excluding hydrogens is 408 g/mol. The number of aromatic hydroxyl groups is 2. The highest BCUT2D eigenvalue weighted by atomic mass is 28.3. The van der Waals surface area contributed by atoms with Gasteiger partial charge in [0.05, 0.1) is 0 Å². The molecule has 0 bridgehead atoms. The third-order valence-electron chi connectivity index (χ3n) is 6.32. The first kappa shape index (κ1) is 26.5. The lowest BCUT2D eigenvalue weighted by atomic mass is 9.79. The number of phenolic OH excluding ortho intramolecular Hbond substituents is 2. The minimum atomic E-state index is -1.13. The summed E-state index contributed by atoms with van der Waals surface area (Å²) < 4.78 is 0. The summed E-state index contributed by atoms with van der Waals surface area (Å²) in [5, 5.41) is 24.9. The first-order valence-corrected chi connectivity index (χ1v) is 13.8. The van der Waals surface area contributed by atoms with Crippen LogP contribution in [0.25, 0.3) is 0 Å². The normalized spacial score (nSPS) is 13.7. The molecule has 0 saturated heterocycles. The third kappa shape index (κ3) is 5.42. The van der Waals surface area contributed by atoms with Gasteiger partial charge in [-0.05, 0) is 43.9 Å². The summed E-state index contributed by atoms with van der Waals surface area (Å²) in [6.07, 6.45) is 0. The average molecular weight is 454 g/mol. The molecule has 0 aliphatic heterocycles. The van der Waals surface area contributed by atoms with Crippen molar-refractivity contribution < 1.29 is 10.2 Å². The molecule has 0 fully saturated rings. The van der Waals surface area contributed by atoms with E-state index >= 15 is 0 Å². The topological polar surface area (TPSA) is 40.5 Å². The van der Waals surface area contributed by atoms with E-state index < -0.39 is 8.80 Å². The van der Waals surface area contributed by atoms with Crippen molar-refractivity contribution in [3.63, 3.8) is 0 Å². The molecule has 2 N–H and O–H groups in total. The van der Waals surface area contributed by atoms with Gasteiger partial charge in [-0.25, -0.2) is 0 Å². The Labute approximate surface area is 198 Å². The molecule has 0 saturated carbocycles. The summed E-state index contributed by atoms with van der Waals surface area (Å²) in [6, 6.07) is 8.89. The van der Waals surface area contributed by atoms with Crippen molar-refractivity contribution in [3.8, 4) is 11.5 Å². The van der Waals surface area contributed by atoms with Crippen LogP contribution < -0.4 is 10.4 Å². The maximum atomic E-state index is 11.2. The Kier molecular flexibility index (Phi) is 6.82. The second kappa shape index (κ2) is 8.24. The van der Waals surface area contributed by atoms with Crippen LogP contribution in [-0.4, -0.2) is 19.0 Å². The molecule has 0 heterocycles. The van der Waals surface area contributed by atoms with E-state index in [1.807, 2.05) is 0 Å². The zero-order valence-corrected chi connectivity index (χ0v) is 23.7. The van der Waals surface area contributed by atoms with Crippen LogP contribution in [0.2, 0.25) is 6.55 Å². The van der Waals surface area contributed by atoms with Crippen molar-refractivity contribution >= 4 is 19.2 Å². The molecule has 32 heavy (non-hydrogen) atoms. The van der Waals surface area contributed by atoms with Gasteiger partial charge in [0.15, 0.2) is 0 Å². The minimum absolute atomic E-state index is 0.148. The maximum Gasteiger partial charge on any atom is 0.123 e. The standard InChI is InChI=1S/C29H45O2Si/c1-26(2,3)20-14-18(15-21(24(20)30)27(4,5)6)32(13)19-16-22(28(7,8)9)25(31)23(17-19)29(10,11)12/h14-17,30-31H,1-13H3. The van der Waals surface area contributed by atoms with Gasteiger partial charge in [0, 0.05) is 0 Å². The van der Waals surface area contributed by atoms with Crippen molar-refractivity contribution in [2.75, 3.05) is 0 Å². The van der Waals surface area contributed by atoms with Crippen LogP contribution in [0, 0.1) is 0 Å². The molecule has 177 valence electrons. The minimum Gasteiger partial charge on any atom is -0.507 e. The Morgan fingerprint density at radius 1 is 0.469 bits per heavy atom. The zero-order valence-electron chi connectivity index (χ0n) is 22.7. The van der Waals surface area contributed by atoms with E-state index in [1.54, 1.807) is 0 Å². The van der Waals surface area contributed by atoms with E-state index in [9.17, 15) is 10.2 Å². The van der Waals surface area contributed by atoms with Gasteiger partial charge in [0.25, 0.3) is 0 Å². The van der Waals surface area contributed by atoms with Crippen LogP contribution in [0.4, 0.5) is 0 Å². The zero-order chi connectivity index (χ0) is 25.0. The van der Waals surface area contributed by atoms with Crippen LogP contribution in [-0.2, 0) is 21.7 Å². The van der Waals surface area contributed by atoms with Crippen LogP contribution in [0.15, 0.2) is 24.3 Å². The van der Waals surface area contributed by atoms with E-state index in [2.05, 4.69) is 114 Å². The Balaban J connectivity index is 2.84. The van der Waals surface area contributed by atoms with Crippen LogP contribution in [0.1, 0.15) is 105 Å². The predicted octanol–water partition coefficient (Wildman–Crippen LogP) is 6.53. The number of hydrogen-bond donors (Lipinski definition) is 2. The highest BCUT2D eigenvalue weighted by Crippen LogP contribution is 2.40. The molecular formula is C29H45O2Si. The molecule has 0 unspecified atom stereocenters. The first-order chi connectivity index (χ1) is 14.2. The lowest BCUT2D eigenvalue weighted by molar-refractivity contribution is 0.423. The van der Waals surface area contributed by atoms with Crippen LogP contribution in [0.5, 0.6) is 11.5 Å². The second-order valence-electron chi connectivity index (χ2n) is 13.5. The van der Waals surface area contributed by atoms with Crippen molar-refractivity contribution in [2.45, 2.75) is 111 Å². The molecule has 0 spiro atoms. The molecule has 2 rings (SSSR count). The predicted molar refractivity (Wildman–Crippen MR) is 142 cm³/mol. The second-order valence-corrected chi connectivity index (χ2v) is 15.9. The average Bonchev–Trinajstić information content (AvgIpc) is 2.57. The fraction of sp³-hybridized carbons (Fsp3) is 0.586. The van der Waals surface area contributed by atoms with Gasteiger partial charge in [0.2, 0.25) is 0 Å². The summed E-state index contributed by atoms with van der Waals surface area (Å²) in [7, 11) is -1.13. The van der Waals surface area contributed by atoms with Gasteiger partial charge in [-0.1, -0.05) is 124 Å². The van der Waals surface area contributed by atoms with Gasteiger partial charge in [-0.15, -0.1) is 0 Å². The van der Waals surface area contributed by atoms with Crippen molar-refractivity contribution in [3.05, 3.63) is 46.5 Å². The molecule has 2 aromatic carbocycles. The molecule has 2 aromatic rings. The van der Waals surface area contributed by atoms with Gasteiger partial charge in [-0.2, -0.15) is 0 Å². The molecule has 2 nitrogen and oxygen atoms in total. The van der Waals surface area contributed by atoms with Gasteiger partial charge < -0.3 is 10.2 Å². The fourth-order valence-corrected chi connectivity index (χ4v) is 5.93. The maximum absolute atomic E-state index is 11.2. The van der Waals surface area contributed by atoms with Crippen molar-refractivity contribution in [1.29, 1.82) is 0 Å². The summed E-state index contributed by atoms with van der Waals surface area (Å²) in [4.78, 5) is 0. The number of rotatable bonds is 2. The van der Waals surface area contributed by atoms with E-state index in [4.69, 9.17) is 0 Å². The summed E-state index contributed by atoms with van der Waals surface area (Å²) in [5.41, 5.74) is 3.44. The number of phenols is 2. The van der Waals surface area contributed by atoms with Crippen molar-refractivity contribution in [2.24, 2.45) is 0 Å². The Hall–Kier alpha value is -1.74. The lowest BCUT2D eigenvalue weighted by Gasteiger charge is -2.31. The molecule has 0 aliphatic rings. The van der Waals surface area contributed by atoms with E-state index in [0.717, 1.165) is 22.3 Å². The van der Waals surface area contributed by atoms with Crippen molar-refractivity contribution in [1.82, 2.24) is 0 Å². The smallest absolute Gasteiger partial charge is 0.123 e. The van der Waals surface area contributed by atoms with Crippen LogP contribution in [0.3, 0.4) is 0 Å². The van der Waals surface area contributed by atoms with Crippen LogP contribution >= 0.6 is 0 Å². The monoisotopic (exact) mass is 453 g/mol. The van der Waals surface area contributed by atoms with E-state index in [1.165, 1.54) is 10.4 Å². The molecule has 0 aliphatic carbocycles. The highest BCUT2D eigenvalue weighted by molar-refractivity contribution is 6.84. The Morgan fingerprint density at radius 3 is 0.812 bits per heavy atom. The first-order valence-electron chi connectivity index (χ1n) is 11.8. The molecule has 1 radical (unpaired) electrons. The van der Waals surface area contributed by atoms with E-state index in [-0.39, 0.29) is 21.7 Å². The molecule has 0 aromatic heterocycles. The van der Waals surface area contributed by atoms with Gasteiger partial charge in [-0.3, -0.25) is 0 Å². The number of hydrogen-bond acceptors (Lipinski definition) is 2. The largest absolute Gasteiger partial charge is 0.507 e. The third-order valence-corrected chi connectivity index (χ3v) is 8.63. The summed E-state index contributed by atoms with van der Waals surface area (Å²) in [5.74, 6) is 0.861. The summed E-state index contributed by atoms with van der Waals surface area (Å²) in [6.45, 7) is 28.3. The SMILES string of the molecule is C[Si](c1cc(C(C)(C)C)c(O)c(C(C)(C)C)c1)c1cc(C(C)(C)C)c(O)c(C(C)(C)C)c1. The number of benzene rings is 2. The van der Waals surface area contributed by atoms with E-state index in [0.29, 0.717) is 11.5 Å². The van der Waals surface area contributed by atoms with Gasteiger partial charge in [0.1, 0.15) is 20.3 Å².